The number of amides is 1. The highest BCUT2D eigenvalue weighted by atomic mass is 16.5. The minimum atomic E-state index is -0.236. The maximum Gasteiger partial charge on any atom is 0.274 e. The van der Waals surface area contributed by atoms with Gasteiger partial charge in [0.25, 0.3) is 5.91 Å². The Morgan fingerprint density at radius 2 is 2.20 bits per heavy atom. The van der Waals surface area contributed by atoms with Gasteiger partial charge < -0.3 is 18.8 Å². The van der Waals surface area contributed by atoms with Gasteiger partial charge in [-0.25, -0.2) is 4.98 Å². The summed E-state index contributed by atoms with van der Waals surface area (Å²) in [5.41, 5.74) is 2.16. The highest BCUT2D eigenvalue weighted by Gasteiger charge is 2.52. The van der Waals surface area contributed by atoms with Gasteiger partial charge in [0.2, 0.25) is 0 Å². The largest absolute Gasteiger partial charge is 0.381 e. The minimum Gasteiger partial charge on any atom is -0.381 e. The second kappa shape index (κ2) is 6.11. The Morgan fingerprint density at radius 3 is 2.92 bits per heavy atom. The average Bonchev–Trinajstić information content (AvgIpc) is 3.23. The summed E-state index contributed by atoms with van der Waals surface area (Å²) in [7, 11) is 3.51. The second-order valence-electron chi connectivity index (χ2n) is 7.21. The summed E-state index contributed by atoms with van der Waals surface area (Å²) < 4.78 is 13.4. The van der Waals surface area contributed by atoms with Crippen molar-refractivity contribution in [3.8, 4) is 0 Å². The van der Waals surface area contributed by atoms with E-state index >= 15 is 0 Å². The number of aromatic nitrogens is 2. The first kappa shape index (κ1) is 16.5. The lowest BCUT2D eigenvalue weighted by Crippen LogP contribution is -2.53. The van der Waals surface area contributed by atoms with E-state index < -0.39 is 0 Å². The molecule has 2 fully saturated rings. The van der Waals surface area contributed by atoms with Gasteiger partial charge in [-0.2, -0.15) is 0 Å². The van der Waals surface area contributed by atoms with Crippen LogP contribution in [0.4, 0.5) is 0 Å². The average molecular weight is 343 g/mol. The van der Waals surface area contributed by atoms with Crippen molar-refractivity contribution in [2.45, 2.75) is 50.4 Å². The number of hydrogen-bond acceptors (Lipinski definition) is 4. The Bertz CT molecular complexity index is 802. The van der Waals surface area contributed by atoms with Crippen LogP contribution in [-0.2, 0) is 9.47 Å². The highest BCUT2D eigenvalue weighted by molar-refractivity contribution is 5.93. The van der Waals surface area contributed by atoms with Crippen LogP contribution in [-0.4, -0.2) is 58.7 Å². The summed E-state index contributed by atoms with van der Waals surface area (Å²) in [6, 6.07) is 4.02. The molecule has 3 atom stereocenters. The van der Waals surface area contributed by atoms with Gasteiger partial charge >= 0.3 is 0 Å². The molecule has 1 saturated heterocycles. The van der Waals surface area contributed by atoms with Crippen molar-refractivity contribution < 1.29 is 14.3 Å². The van der Waals surface area contributed by atoms with E-state index in [4.69, 9.17) is 9.47 Å². The van der Waals surface area contributed by atoms with Gasteiger partial charge in [0.1, 0.15) is 11.3 Å². The first-order valence-corrected chi connectivity index (χ1v) is 8.91. The molecule has 0 unspecified atom stereocenters. The molecule has 0 aromatic carbocycles. The molecular formula is C19H25N3O3. The molecule has 25 heavy (non-hydrogen) atoms. The lowest BCUT2D eigenvalue weighted by Gasteiger charge is -2.43. The topological polar surface area (TPSA) is 56.1 Å². The summed E-state index contributed by atoms with van der Waals surface area (Å²) >= 11 is 0. The number of carbonyl (C=O) groups excluding carboxylic acids is 1. The molecule has 0 N–H and O–H groups in total. The number of carbonyl (C=O) groups is 1. The molecule has 4 rings (SSSR count). The Kier molecular flexibility index (Phi) is 4.04. The van der Waals surface area contributed by atoms with Gasteiger partial charge in [-0.15, -0.1) is 0 Å². The third-order valence-electron chi connectivity index (χ3n) is 6.03. The van der Waals surface area contributed by atoms with Crippen molar-refractivity contribution in [1.29, 1.82) is 0 Å². The molecule has 2 aromatic heterocycles. The summed E-state index contributed by atoms with van der Waals surface area (Å²) in [5, 5.41) is 0. The molecule has 2 aromatic rings. The Labute approximate surface area is 147 Å². The third-order valence-corrected chi connectivity index (χ3v) is 6.03. The van der Waals surface area contributed by atoms with Gasteiger partial charge in [-0.3, -0.25) is 4.79 Å². The van der Waals surface area contributed by atoms with Crippen molar-refractivity contribution in [2.75, 3.05) is 20.8 Å². The maximum atomic E-state index is 13.2. The highest BCUT2D eigenvalue weighted by Crippen LogP contribution is 2.43. The Hall–Kier alpha value is -1.92. The first-order chi connectivity index (χ1) is 12.1. The van der Waals surface area contributed by atoms with E-state index in [9.17, 15) is 4.79 Å². The van der Waals surface area contributed by atoms with E-state index in [1.807, 2.05) is 40.8 Å². The van der Waals surface area contributed by atoms with Crippen LogP contribution in [0.1, 0.15) is 41.7 Å². The normalized spacial score (nSPS) is 29.2. The lowest BCUT2D eigenvalue weighted by atomic mass is 9.79. The van der Waals surface area contributed by atoms with Crippen LogP contribution in [0.15, 0.2) is 24.5 Å². The van der Waals surface area contributed by atoms with Gasteiger partial charge in [0.15, 0.2) is 0 Å². The molecule has 6 heteroatoms. The maximum absolute atomic E-state index is 13.2. The molecule has 1 aliphatic carbocycles. The zero-order valence-electron chi connectivity index (χ0n) is 15.1. The summed E-state index contributed by atoms with van der Waals surface area (Å²) in [6.07, 6.45) is 7.55. The van der Waals surface area contributed by atoms with Crippen LogP contribution >= 0.6 is 0 Å². The second-order valence-corrected chi connectivity index (χ2v) is 7.21. The summed E-state index contributed by atoms with van der Waals surface area (Å²) in [5.74, 6) is -0.0104. The number of nitrogens with zero attached hydrogens (tertiary/aromatic N) is 3. The monoisotopic (exact) mass is 343 g/mol. The zero-order chi connectivity index (χ0) is 17.6. The number of imidazole rings is 1. The number of hydrogen-bond donors (Lipinski definition) is 0. The SMILES string of the molecule is CO[C@@H]1CC[C@@]2(OC)CCN(C(=O)c3cn4cccc(C)c4n3)[C@H]2C1. The fraction of sp³-hybridized carbons (Fsp3) is 0.579. The van der Waals surface area contributed by atoms with E-state index in [-0.39, 0.29) is 23.7 Å². The smallest absolute Gasteiger partial charge is 0.274 e. The number of aryl methyl sites for hydroxylation is 1. The molecule has 6 nitrogen and oxygen atoms in total. The number of rotatable bonds is 3. The fourth-order valence-corrected chi connectivity index (χ4v) is 4.52. The van der Waals surface area contributed by atoms with Gasteiger partial charge in [0.05, 0.1) is 17.7 Å². The fourth-order valence-electron chi connectivity index (χ4n) is 4.52. The minimum absolute atomic E-state index is 0.0104. The molecule has 1 aliphatic heterocycles. The van der Waals surface area contributed by atoms with E-state index in [0.29, 0.717) is 12.2 Å². The third kappa shape index (κ3) is 2.55. The van der Waals surface area contributed by atoms with Gasteiger partial charge in [-0.1, -0.05) is 6.07 Å². The Balaban J connectivity index is 1.65. The van der Waals surface area contributed by atoms with E-state index in [1.165, 1.54) is 0 Å². The van der Waals surface area contributed by atoms with Crippen molar-refractivity contribution in [1.82, 2.24) is 14.3 Å². The van der Waals surface area contributed by atoms with Crippen LogP contribution < -0.4 is 0 Å². The molecule has 0 spiro atoms. The lowest BCUT2D eigenvalue weighted by molar-refractivity contribution is -0.0894. The van der Waals surface area contributed by atoms with Crippen LogP contribution in [0, 0.1) is 6.92 Å². The van der Waals surface area contributed by atoms with Gasteiger partial charge in [-0.05, 0) is 44.2 Å². The number of ether oxygens (including phenoxy) is 2. The zero-order valence-corrected chi connectivity index (χ0v) is 15.1. The first-order valence-electron chi connectivity index (χ1n) is 8.91. The molecule has 0 radical (unpaired) electrons. The summed E-state index contributed by atoms with van der Waals surface area (Å²) in [4.78, 5) is 19.7. The molecule has 0 bridgehead atoms. The van der Waals surface area contributed by atoms with E-state index in [0.717, 1.165) is 36.9 Å². The van der Waals surface area contributed by atoms with Crippen molar-refractivity contribution in [2.24, 2.45) is 0 Å². The predicted octanol–water partition coefficient (Wildman–Crippen LogP) is 2.44. The molecule has 3 heterocycles. The van der Waals surface area contributed by atoms with Gasteiger partial charge in [0, 0.05) is 33.2 Å². The number of methoxy groups -OCH3 is 2. The van der Waals surface area contributed by atoms with Crippen molar-refractivity contribution in [3.05, 3.63) is 35.8 Å². The predicted molar refractivity (Wildman–Crippen MR) is 93.8 cm³/mol. The summed E-state index contributed by atoms with van der Waals surface area (Å²) in [6.45, 7) is 2.72. The number of pyridine rings is 1. The van der Waals surface area contributed by atoms with Crippen molar-refractivity contribution in [3.63, 3.8) is 0 Å². The van der Waals surface area contributed by atoms with E-state index in [2.05, 4.69) is 4.98 Å². The van der Waals surface area contributed by atoms with Crippen LogP contribution in [0.2, 0.25) is 0 Å². The van der Waals surface area contributed by atoms with Crippen LogP contribution in [0.5, 0.6) is 0 Å². The quantitative estimate of drug-likeness (QED) is 0.859. The van der Waals surface area contributed by atoms with Crippen LogP contribution in [0.25, 0.3) is 5.65 Å². The van der Waals surface area contributed by atoms with E-state index in [1.54, 1.807) is 14.2 Å². The number of likely N-dealkylation sites (tertiary alicyclic amines) is 1. The standard InChI is InChI=1S/C19H25N3O3/c1-13-5-4-9-21-12-15(20-17(13)21)18(23)22-10-8-19(25-3)7-6-14(24-2)11-16(19)22/h4-5,9,12,14,16H,6-8,10-11H2,1-3H3/t14-,16+,19-/m1/s1. The molecule has 1 amide bonds. The molecule has 1 saturated carbocycles. The molecule has 134 valence electrons. The van der Waals surface area contributed by atoms with Crippen molar-refractivity contribution >= 4 is 11.6 Å². The van der Waals surface area contributed by atoms with Crippen LogP contribution in [0.3, 0.4) is 0 Å². The Morgan fingerprint density at radius 1 is 1.36 bits per heavy atom. The molecule has 2 aliphatic rings. The number of fused-ring (bicyclic) bond motifs is 2. The molecular weight excluding hydrogens is 318 g/mol.